The molecule has 1 N–H and O–H groups in total. The van der Waals surface area contributed by atoms with E-state index in [9.17, 15) is 9.90 Å². The number of esters is 1. The van der Waals surface area contributed by atoms with Crippen molar-refractivity contribution in [2.75, 3.05) is 14.2 Å². The van der Waals surface area contributed by atoms with Gasteiger partial charge in [0.05, 0.1) is 25.3 Å². The second-order valence-electron chi connectivity index (χ2n) is 7.63. The van der Waals surface area contributed by atoms with E-state index in [4.69, 9.17) is 14.5 Å². The van der Waals surface area contributed by atoms with E-state index >= 15 is 0 Å². The summed E-state index contributed by atoms with van der Waals surface area (Å²) in [6.07, 6.45) is 0. The van der Waals surface area contributed by atoms with Crippen molar-refractivity contribution < 1.29 is 19.4 Å². The Bertz CT molecular complexity index is 1310. The van der Waals surface area contributed by atoms with E-state index in [0.717, 1.165) is 16.7 Å². The quantitative estimate of drug-likeness (QED) is 0.436. The lowest BCUT2D eigenvalue weighted by molar-refractivity contribution is 0.0600. The number of carbonyl (C=O) groups excluding carboxylic acids is 1. The van der Waals surface area contributed by atoms with Gasteiger partial charge in [-0.2, -0.15) is 0 Å². The summed E-state index contributed by atoms with van der Waals surface area (Å²) in [6, 6.07) is 17.9. The normalized spacial score (nSPS) is 10.7. The zero-order valence-corrected chi connectivity index (χ0v) is 18.8. The number of carbonyl (C=O) groups is 1. The average Bonchev–Trinajstić information content (AvgIpc) is 2.82. The van der Waals surface area contributed by atoms with Gasteiger partial charge >= 0.3 is 5.97 Å². The van der Waals surface area contributed by atoms with Crippen LogP contribution in [0.5, 0.6) is 11.5 Å². The highest BCUT2D eigenvalue weighted by Crippen LogP contribution is 2.33. The minimum Gasteiger partial charge on any atom is -0.507 e. The van der Waals surface area contributed by atoms with Crippen molar-refractivity contribution in [1.82, 2.24) is 15.0 Å². The fourth-order valence-electron chi connectivity index (χ4n) is 3.56. The fraction of sp³-hybridized carbons (Fsp3) is 0.154. The molecule has 0 aliphatic heterocycles. The second-order valence-corrected chi connectivity index (χ2v) is 7.63. The Balaban J connectivity index is 1.89. The van der Waals surface area contributed by atoms with Crippen LogP contribution in [0.3, 0.4) is 0 Å². The van der Waals surface area contributed by atoms with Gasteiger partial charge in [-0.3, -0.25) is 0 Å². The number of aromatic nitrogens is 3. The van der Waals surface area contributed by atoms with Crippen molar-refractivity contribution in [1.29, 1.82) is 0 Å². The first-order valence-corrected chi connectivity index (χ1v) is 10.3. The van der Waals surface area contributed by atoms with Gasteiger partial charge in [-0.15, -0.1) is 0 Å². The van der Waals surface area contributed by atoms with Crippen LogP contribution >= 0.6 is 0 Å². The molecule has 0 aliphatic carbocycles. The zero-order chi connectivity index (χ0) is 23.5. The molecule has 0 saturated carbocycles. The molecule has 0 unspecified atom stereocenters. The summed E-state index contributed by atoms with van der Waals surface area (Å²) in [4.78, 5) is 25.8. The molecule has 1 aromatic heterocycles. The van der Waals surface area contributed by atoms with E-state index in [1.54, 1.807) is 36.4 Å². The van der Waals surface area contributed by atoms with Gasteiger partial charge in [0.25, 0.3) is 0 Å². The molecule has 7 nitrogen and oxygen atoms in total. The fourth-order valence-corrected chi connectivity index (χ4v) is 3.56. The van der Waals surface area contributed by atoms with Gasteiger partial charge < -0.3 is 14.6 Å². The number of aromatic hydroxyl groups is 1. The van der Waals surface area contributed by atoms with E-state index < -0.39 is 5.97 Å². The molecule has 7 heteroatoms. The molecular formula is C26H23N3O4. The van der Waals surface area contributed by atoms with Crippen LogP contribution in [0.4, 0.5) is 0 Å². The number of benzene rings is 3. The number of hydrogen-bond acceptors (Lipinski definition) is 7. The molecule has 0 spiro atoms. The predicted octanol–water partition coefficient (Wildman–Crippen LogP) is 4.99. The van der Waals surface area contributed by atoms with E-state index in [2.05, 4.69) is 16.0 Å². The van der Waals surface area contributed by atoms with E-state index in [1.807, 2.05) is 26.0 Å². The standard InChI is InChI=1S/C26H23N3O4/c1-15-11-16(2)13-19(12-15)24-27-23(17-5-7-18(8-6-17)26(31)33-4)28-25(29-24)21-10-9-20(32-3)14-22(21)30/h5-14,30H,1-4H3. The van der Waals surface area contributed by atoms with Gasteiger partial charge in [0, 0.05) is 17.2 Å². The molecular weight excluding hydrogens is 418 g/mol. The van der Waals surface area contributed by atoms with Crippen LogP contribution in [0.15, 0.2) is 60.7 Å². The Morgan fingerprint density at radius 1 is 0.758 bits per heavy atom. The number of nitrogens with zero attached hydrogens (tertiary/aromatic N) is 3. The van der Waals surface area contributed by atoms with Gasteiger partial charge in [-0.05, 0) is 50.2 Å². The molecule has 0 radical (unpaired) electrons. The summed E-state index contributed by atoms with van der Waals surface area (Å²) >= 11 is 0. The molecule has 1 heterocycles. The van der Waals surface area contributed by atoms with E-state index in [1.165, 1.54) is 20.3 Å². The van der Waals surface area contributed by atoms with Gasteiger partial charge in [0.15, 0.2) is 17.5 Å². The third-order valence-electron chi connectivity index (χ3n) is 5.13. The number of rotatable bonds is 5. The Morgan fingerprint density at radius 2 is 1.36 bits per heavy atom. The Labute approximate surface area is 191 Å². The maximum absolute atomic E-state index is 11.8. The molecule has 4 aromatic rings. The van der Waals surface area contributed by atoms with Crippen LogP contribution < -0.4 is 4.74 Å². The first kappa shape index (κ1) is 22.0. The highest BCUT2D eigenvalue weighted by atomic mass is 16.5. The van der Waals surface area contributed by atoms with Gasteiger partial charge in [-0.25, -0.2) is 19.7 Å². The first-order chi connectivity index (χ1) is 15.9. The maximum Gasteiger partial charge on any atom is 0.337 e. The minimum absolute atomic E-state index is 0.00101. The molecule has 3 aromatic carbocycles. The van der Waals surface area contributed by atoms with Gasteiger partial charge in [0.1, 0.15) is 11.5 Å². The number of methoxy groups -OCH3 is 2. The lowest BCUT2D eigenvalue weighted by atomic mass is 10.1. The SMILES string of the molecule is COC(=O)c1ccc(-c2nc(-c3cc(C)cc(C)c3)nc(-c3ccc(OC)cc3O)n2)cc1. The summed E-state index contributed by atoms with van der Waals surface area (Å²) in [7, 11) is 2.87. The van der Waals surface area contributed by atoms with Crippen molar-refractivity contribution in [2.24, 2.45) is 0 Å². The van der Waals surface area contributed by atoms with E-state index in [0.29, 0.717) is 39.9 Å². The molecule has 0 bridgehead atoms. The molecule has 0 atom stereocenters. The third-order valence-corrected chi connectivity index (χ3v) is 5.13. The highest BCUT2D eigenvalue weighted by molar-refractivity contribution is 5.89. The predicted molar refractivity (Wildman–Crippen MR) is 125 cm³/mol. The van der Waals surface area contributed by atoms with Crippen molar-refractivity contribution in [3.63, 3.8) is 0 Å². The van der Waals surface area contributed by atoms with Crippen LogP contribution in [0, 0.1) is 13.8 Å². The number of hydrogen-bond donors (Lipinski definition) is 1. The van der Waals surface area contributed by atoms with Crippen molar-refractivity contribution in [3.8, 4) is 45.7 Å². The van der Waals surface area contributed by atoms with Crippen LogP contribution in [0.2, 0.25) is 0 Å². The first-order valence-electron chi connectivity index (χ1n) is 10.3. The molecule has 33 heavy (non-hydrogen) atoms. The minimum atomic E-state index is -0.419. The van der Waals surface area contributed by atoms with Crippen LogP contribution in [0.1, 0.15) is 21.5 Å². The topological polar surface area (TPSA) is 94.4 Å². The molecule has 166 valence electrons. The lowest BCUT2D eigenvalue weighted by Crippen LogP contribution is -2.02. The summed E-state index contributed by atoms with van der Waals surface area (Å²) in [5, 5.41) is 10.6. The van der Waals surface area contributed by atoms with Gasteiger partial charge in [-0.1, -0.05) is 29.3 Å². The monoisotopic (exact) mass is 441 g/mol. The molecule has 4 rings (SSSR count). The molecule has 0 amide bonds. The summed E-state index contributed by atoms with van der Waals surface area (Å²) < 4.78 is 9.96. The summed E-state index contributed by atoms with van der Waals surface area (Å²) in [5.41, 5.74) is 4.60. The number of ether oxygens (including phenoxy) is 2. The second kappa shape index (κ2) is 9.08. The Kier molecular flexibility index (Phi) is 6.04. The van der Waals surface area contributed by atoms with Crippen molar-refractivity contribution >= 4 is 5.97 Å². The third kappa shape index (κ3) is 4.67. The van der Waals surface area contributed by atoms with Crippen LogP contribution in [0.25, 0.3) is 34.2 Å². The Hall–Kier alpha value is -4.26. The summed E-state index contributed by atoms with van der Waals surface area (Å²) in [5.74, 6) is 1.33. The highest BCUT2D eigenvalue weighted by Gasteiger charge is 2.16. The zero-order valence-electron chi connectivity index (χ0n) is 18.8. The summed E-state index contributed by atoms with van der Waals surface area (Å²) in [6.45, 7) is 4.03. The smallest absolute Gasteiger partial charge is 0.337 e. The maximum atomic E-state index is 11.8. The number of aryl methyl sites for hydroxylation is 2. The molecule has 0 fully saturated rings. The number of phenols is 1. The lowest BCUT2D eigenvalue weighted by Gasteiger charge is -2.11. The average molecular weight is 441 g/mol. The number of phenolic OH excluding ortho intramolecular Hbond substituents is 1. The molecule has 0 saturated heterocycles. The van der Waals surface area contributed by atoms with E-state index in [-0.39, 0.29) is 5.75 Å². The van der Waals surface area contributed by atoms with Crippen molar-refractivity contribution in [3.05, 3.63) is 77.4 Å². The van der Waals surface area contributed by atoms with Gasteiger partial charge in [0.2, 0.25) is 0 Å². The van der Waals surface area contributed by atoms with Crippen LogP contribution in [-0.2, 0) is 4.74 Å². The van der Waals surface area contributed by atoms with Crippen LogP contribution in [-0.4, -0.2) is 40.2 Å². The van der Waals surface area contributed by atoms with Crippen molar-refractivity contribution in [2.45, 2.75) is 13.8 Å². The largest absolute Gasteiger partial charge is 0.507 e. The molecule has 0 aliphatic rings. The Morgan fingerprint density at radius 3 is 1.94 bits per heavy atom.